The van der Waals surface area contributed by atoms with E-state index in [1.54, 1.807) is 53.0 Å². The maximum Gasteiger partial charge on any atom is 0.416 e. The van der Waals surface area contributed by atoms with Crippen molar-refractivity contribution in [3.63, 3.8) is 0 Å². The second-order valence-corrected chi connectivity index (χ2v) is 12.0. The molecule has 2 aliphatic heterocycles. The van der Waals surface area contributed by atoms with Gasteiger partial charge in [0.15, 0.2) is 18.2 Å². The van der Waals surface area contributed by atoms with Gasteiger partial charge in [0.1, 0.15) is 23.4 Å². The number of ether oxygens (including phenoxy) is 4. The SMILES string of the molecule is COc1ccc(CN2C(=O)COc3ccc(N4C(=O)O[C@@H]5C[C@@H](N(C)CCn6c(=O)ccc7ncc(OC)cc76)CC[C@@H]54)nc32)cc1. The first-order chi connectivity index (χ1) is 22.8. The van der Waals surface area contributed by atoms with Crippen LogP contribution in [0.3, 0.4) is 0 Å². The summed E-state index contributed by atoms with van der Waals surface area (Å²) in [5.41, 5.74) is 2.25. The Kier molecular flexibility index (Phi) is 8.14. The number of nitrogens with zero attached hydrogens (tertiary/aromatic N) is 6. The average molecular weight is 641 g/mol. The molecule has 1 aliphatic carbocycles. The molecule has 5 heterocycles. The number of pyridine rings is 3. The first kappa shape index (κ1) is 30.5. The lowest BCUT2D eigenvalue weighted by atomic mass is 9.87. The Morgan fingerprint density at radius 3 is 2.57 bits per heavy atom. The Bertz CT molecular complexity index is 1880. The molecule has 3 aliphatic rings. The van der Waals surface area contributed by atoms with Crippen molar-refractivity contribution in [3.8, 4) is 17.2 Å². The van der Waals surface area contributed by atoms with E-state index in [0.29, 0.717) is 55.6 Å². The molecular weight excluding hydrogens is 604 g/mol. The van der Waals surface area contributed by atoms with Crippen LogP contribution in [0.25, 0.3) is 11.0 Å². The van der Waals surface area contributed by atoms with E-state index in [9.17, 15) is 14.4 Å². The van der Waals surface area contributed by atoms with Crippen molar-refractivity contribution in [2.24, 2.45) is 0 Å². The monoisotopic (exact) mass is 640 g/mol. The molecule has 1 aromatic carbocycles. The van der Waals surface area contributed by atoms with Crippen LogP contribution in [0, 0.1) is 0 Å². The van der Waals surface area contributed by atoms with Crippen LogP contribution in [0.1, 0.15) is 24.8 Å². The molecule has 0 unspecified atom stereocenters. The second kappa shape index (κ2) is 12.6. The number of methoxy groups -OCH3 is 2. The zero-order chi connectivity index (χ0) is 32.7. The Hall–Kier alpha value is -5.17. The van der Waals surface area contributed by atoms with Crippen LogP contribution in [0.4, 0.5) is 16.4 Å². The molecule has 244 valence electrons. The molecule has 4 aromatic rings. The fraction of sp³-hybridized carbons (Fsp3) is 0.382. The molecule has 2 amide bonds. The van der Waals surface area contributed by atoms with Gasteiger partial charge in [-0.15, -0.1) is 0 Å². The minimum Gasteiger partial charge on any atom is -0.497 e. The molecule has 0 spiro atoms. The number of carbonyl (C=O) groups is 2. The van der Waals surface area contributed by atoms with E-state index in [-0.39, 0.29) is 36.3 Å². The Labute approximate surface area is 271 Å². The van der Waals surface area contributed by atoms with Gasteiger partial charge in [-0.1, -0.05) is 12.1 Å². The van der Waals surface area contributed by atoms with E-state index in [4.69, 9.17) is 23.9 Å². The predicted octanol–water partition coefficient (Wildman–Crippen LogP) is 3.61. The molecule has 47 heavy (non-hydrogen) atoms. The summed E-state index contributed by atoms with van der Waals surface area (Å²) >= 11 is 0. The van der Waals surface area contributed by atoms with E-state index in [2.05, 4.69) is 9.88 Å². The summed E-state index contributed by atoms with van der Waals surface area (Å²) in [6.07, 6.45) is 3.07. The Morgan fingerprint density at radius 2 is 1.79 bits per heavy atom. The number of hydrogen-bond acceptors (Lipinski definition) is 10. The Balaban J connectivity index is 1.05. The van der Waals surface area contributed by atoms with Crippen LogP contribution in [-0.2, 0) is 22.6 Å². The van der Waals surface area contributed by atoms with Gasteiger partial charge < -0.3 is 28.4 Å². The number of aromatic nitrogens is 3. The molecule has 0 N–H and O–H groups in total. The van der Waals surface area contributed by atoms with Crippen molar-refractivity contribution < 1.29 is 28.5 Å². The van der Waals surface area contributed by atoms with E-state index in [1.165, 1.54) is 6.07 Å². The third-order valence-electron chi connectivity index (χ3n) is 9.34. The molecule has 1 saturated carbocycles. The topological polar surface area (TPSA) is 129 Å². The second-order valence-electron chi connectivity index (χ2n) is 12.0. The van der Waals surface area contributed by atoms with Gasteiger partial charge in [0.2, 0.25) is 0 Å². The van der Waals surface area contributed by atoms with Gasteiger partial charge in [-0.05, 0) is 55.8 Å². The van der Waals surface area contributed by atoms with Gasteiger partial charge in [-0.2, -0.15) is 0 Å². The summed E-state index contributed by atoms with van der Waals surface area (Å²) < 4.78 is 23.9. The van der Waals surface area contributed by atoms with Gasteiger partial charge in [-0.25, -0.2) is 9.78 Å². The molecular formula is C34H36N6O7. The molecule has 0 radical (unpaired) electrons. The molecule has 13 heteroatoms. The van der Waals surface area contributed by atoms with Gasteiger partial charge in [0.25, 0.3) is 11.5 Å². The quantitative estimate of drug-likeness (QED) is 0.268. The fourth-order valence-electron chi connectivity index (χ4n) is 6.71. The zero-order valence-corrected chi connectivity index (χ0v) is 26.5. The number of likely N-dealkylation sites (N-methyl/N-ethyl adjacent to an activating group) is 1. The van der Waals surface area contributed by atoms with Crippen LogP contribution >= 0.6 is 0 Å². The highest BCUT2D eigenvalue weighted by Crippen LogP contribution is 2.39. The minimum atomic E-state index is -0.454. The maximum absolute atomic E-state index is 13.3. The highest BCUT2D eigenvalue weighted by atomic mass is 16.6. The van der Waals surface area contributed by atoms with E-state index < -0.39 is 6.09 Å². The lowest BCUT2D eigenvalue weighted by molar-refractivity contribution is -0.121. The number of anilines is 2. The van der Waals surface area contributed by atoms with Crippen molar-refractivity contribution in [1.29, 1.82) is 0 Å². The smallest absolute Gasteiger partial charge is 0.416 e. The van der Waals surface area contributed by atoms with Crippen LogP contribution in [0.15, 0.2) is 65.6 Å². The first-order valence-electron chi connectivity index (χ1n) is 15.6. The van der Waals surface area contributed by atoms with Crippen LogP contribution < -0.4 is 29.6 Å². The third-order valence-corrected chi connectivity index (χ3v) is 9.34. The average Bonchev–Trinajstić information content (AvgIpc) is 3.43. The minimum absolute atomic E-state index is 0.0875. The molecule has 0 bridgehead atoms. The molecule has 1 saturated heterocycles. The number of hydrogen-bond donors (Lipinski definition) is 0. The van der Waals surface area contributed by atoms with Gasteiger partial charge in [0.05, 0.1) is 44.0 Å². The first-order valence-corrected chi connectivity index (χ1v) is 15.6. The third kappa shape index (κ3) is 5.82. The number of rotatable bonds is 9. The van der Waals surface area contributed by atoms with Gasteiger partial charge >= 0.3 is 6.09 Å². The maximum atomic E-state index is 13.3. The molecule has 7 rings (SSSR count). The van der Waals surface area contributed by atoms with Gasteiger partial charge in [0, 0.05) is 37.7 Å². The van der Waals surface area contributed by atoms with Crippen molar-refractivity contribution in [2.75, 3.05) is 44.2 Å². The predicted molar refractivity (Wildman–Crippen MR) is 173 cm³/mol. The standard InChI is InChI=1S/C34H36N6O7/c1-37(14-15-38-27-17-24(45-3)18-35-25(27)9-13-31(38)41)22-6-10-26-29(16-22)47-34(43)40(26)30-12-11-28-33(36-30)39(32(42)20-46-28)19-21-4-7-23(44-2)8-5-21/h4-5,7-9,11-13,17-18,22,26,29H,6,10,14-16,19-20H2,1-3H3/t22-,26-,29+/m0/s1. The summed E-state index contributed by atoms with van der Waals surface area (Å²) in [5, 5.41) is 0. The van der Waals surface area contributed by atoms with Crippen molar-refractivity contribution in [2.45, 2.75) is 50.5 Å². The van der Waals surface area contributed by atoms with E-state index >= 15 is 0 Å². The highest BCUT2D eigenvalue weighted by Gasteiger charge is 2.47. The van der Waals surface area contributed by atoms with Crippen molar-refractivity contribution in [1.82, 2.24) is 19.4 Å². The Morgan fingerprint density at radius 1 is 0.979 bits per heavy atom. The molecule has 2 fully saturated rings. The molecule has 13 nitrogen and oxygen atoms in total. The summed E-state index contributed by atoms with van der Waals surface area (Å²) in [4.78, 5) is 53.7. The lowest BCUT2D eigenvalue weighted by Gasteiger charge is -2.37. The van der Waals surface area contributed by atoms with E-state index in [1.807, 2.05) is 37.4 Å². The van der Waals surface area contributed by atoms with E-state index in [0.717, 1.165) is 28.8 Å². The van der Waals surface area contributed by atoms with Gasteiger partial charge in [-0.3, -0.25) is 24.4 Å². The highest BCUT2D eigenvalue weighted by molar-refractivity contribution is 5.97. The number of amides is 2. The lowest BCUT2D eigenvalue weighted by Crippen LogP contribution is -2.47. The van der Waals surface area contributed by atoms with Crippen molar-refractivity contribution in [3.05, 3.63) is 76.7 Å². The largest absolute Gasteiger partial charge is 0.497 e. The van der Waals surface area contributed by atoms with Crippen LogP contribution in [-0.4, -0.2) is 84.0 Å². The summed E-state index contributed by atoms with van der Waals surface area (Å²) in [5.74, 6) is 2.37. The van der Waals surface area contributed by atoms with Crippen molar-refractivity contribution >= 4 is 34.7 Å². The zero-order valence-electron chi connectivity index (χ0n) is 26.5. The fourth-order valence-corrected chi connectivity index (χ4v) is 6.71. The van der Waals surface area contributed by atoms with Crippen LogP contribution in [0.2, 0.25) is 0 Å². The summed E-state index contributed by atoms with van der Waals surface area (Å²) in [6, 6.07) is 16.0. The normalized spacial score (nSPS) is 20.6. The number of fused-ring (bicyclic) bond motifs is 3. The summed E-state index contributed by atoms with van der Waals surface area (Å²) in [6.45, 7) is 1.32. The molecule has 3 atom stereocenters. The molecule has 3 aromatic heterocycles. The number of carbonyl (C=O) groups excluding carboxylic acids is 2. The summed E-state index contributed by atoms with van der Waals surface area (Å²) in [7, 11) is 5.22. The van der Waals surface area contributed by atoms with Crippen LogP contribution in [0.5, 0.6) is 17.2 Å². The number of benzene rings is 1.